The molecule has 0 spiro atoms. The van der Waals surface area contributed by atoms with Crippen LogP contribution < -0.4 is 4.74 Å². The average Bonchev–Trinajstić information content (AvgIpc) is 3.32. The van der Waals surface area contributed by atoms with E-state index in [1.54, 1.807) is 35.9 Å². The highest BCUT2D eigenvalue weighted by Crippen LogP contribution is 2.35. The SMILES string of the molecule is COc1ccc2c(c1)c(CCN(C)CCC(OC1=CC=C(C(F)(F)F)CC1)c1ccccc1)c(C)n2C(=O)c1ccc(Cl)cc1. The first kappa shape index (κ1) is 32.4. The monoisotopic (exact) mass is 636 g/mol. The zero-order valence-corrected chi connectivity index (χ0v) is 26.3. The molecule has 1 aliphatic rings. The summed E-state index contributed by atoms with van der Waals surface area (Å²) in [5.74, 6) is 1.14. The van der Waals surface area contributed by atoms with Crippen molar-refractivity contribution >= 4 is 28.4 Å². The van der Waals surface area contributed by atoms with Gasteiger partial charge in [-0.2, -0.15) is 13.2 Å². The Balaban J connectivity index is 1.32. The molecule has 0 aliphatic heterocycles. The van der Waals surface area contributed by atoms with Crippen molar-refractivity contribution in [1.29, 1.82) is 0 Å². The fraction of sp³-hybridized carbons (Fsp3) is 0.306. The van der Waals surface area contributed by atoms with Crippen LogP contribution in [-0.4, -0.2) is 48.8 Å². The van der Waals surface area contributed by atoms with Gasteiger partial charge in [0, 0.05) is 53.2 Å². The van der Waals surface area contributed by atoms with E-state index in [0.717, 1.165) is 33.8 Å². The van der Waals surface area contributed by atoms with Crippen LogP contribution in [0.4, 0.5) is 13.2 Å². The lowest BCUT2D eigenvalue weighted by Crippen LogP contribution is -2.25. The lowest BCUT2D eigenvalue weighted by atomic mass is 10.0. The Hall–Kier alpha value is -4.01. The molecule has 5 nitrogen and oxygen atoms in total. The van der Waals surface area contributed by atoms with Crippen molar-refractivity contribution in [2.45, 2.75) is 44.9 Å². The van der Waals surface area contributed by atoms with Gasteiger partial charge in [0.15, 0.2) is 0 Å². The number of carbonyl (C=O) groups excluding carboxylic acids is 1. The third-order valence-electron chi connectivity index (χ3n) is 8.29. The van der Waals surface area contributed by atoms with Gasteiger partial charge in [-0.05, 0) is 86.5 Å². The molecule has 5 rings (SSSR count). The first-order valence-electron chi connectivity index (χ1n) is 14.9. The first-order valence-corrected chi connectivity index (χ1v) is 15.3. The number of nitrogens with zero attached hydrogens (tertiary/aromatic N) is 2. The van der Waals surface area contributed by atoms with Gasteiger partial charge in [0.2, 0.25) is 0 Å². The molecule has 4 aromatic rings. The summed E-state index contributed by atoms with van der Waals surface area (Å²) < 4.78 is 52.9. The normalized spacial score (nSPS) is 14.3. The number of ether oxygens (including phenoxy) is 2. The summed E-state index contributed by atoms with van der Waals surface area (Å²) >= 11 is 6.06. The Morgan fingerprint density at radius 2 is 1.73 bits per heavy atom. The molecule has 0 N–H and O–H groups in total. The van der Waals surface area contributed by atoms with Crippen LogP contribution in [0, 0.1) is 6.92 Å². The molecule has 1 unspecified atom stereocenters. The number of hydrogen-bond acceptors (Lipinski definition) is 4. The molecule has 3 aromatic carbocycles. The standard InChI is InChI=1S/C36H36ClF3N2O3/c1-24-31(32-23-30(44-3)17-18-33(32)42(24)35(43)26-9-13-28(37)14-10-26)19-21-41(2)22-20-34(25-7-5-4-6-8-25)45-29-15-11-27(12-16-29)36(38,39)40/h4-11,13-15,17-18,23,34H,12,16,19-22H2,1-3H3. The van der Waals surface area contributed by atoms with E-state index < -0.39 is 11.7 Å². The van der Waals surface area contributed by atoms with Crippen molar-refractivity contribution in [3.63, 3.8) is 0 Å². The maximum Gasteiger partial charge on any atom is 0.412 e. The lowest BCUT2D eigenvalue weighted by molar-refractivity contribution is -0.0945. The van der Waals surface area contributed by atoms with Crippen LogP contribution >= 0.6 is 11.6 Å². The number of allylic oxidation sites excluding steroid dienone is 4. The number of carbonyl (C=O) groups is 1. The number of rotatable bonds is 11. The highest BCUT2D eigenvalue weighted by Gasteiger charge is 2.34. The van der Waals surface area contributed by atoms with Crippen molar-refractivity contribution in [3.8, 4) is 5.75 Å². The predicted molar refractivity (Wildman–Crippen MR) is 172 cm³/mol. The van der Waals surface area contributed by atoms with E-state index in [-0.39, 0.29) is 24.9 Å². The van der Waals surface area contributed by atoms with Gasteiger partial charge >= 0.3 is 6.18 Å². The van der Waals surface area contributed by atoms with Gasteiger partial charge < -0.3 is 14.4 Å². The highest BCUT2D eigenvalue weighted by molar-refractivity contribution is 6.30. The second-order valence-electron chi connectivity index (χ2n) is 11.3. The van der Waals surface area contributed by atoms with Gasteiger partial charge in [-0.25, -0.2) is 0 Å². The Morgan fingerprint density at radius 1 is 1.00 bits per heavy atom. The third-order valence-corrected chi connectivity index (χ3v) is 8.54. The van der Waals surface area contributed by atoms with Crippen LogP contribution in [0.3, 0.4) is 0 Å². The molecule has 0 saturated heterocycles. The average molecular weight is 637 g/mol. The van der Waals surface area contributed by atoms with Crippen molar-refractivity contribution in [2.75, 3.05) is 27.2 Å². The van der Waals surface area contributed by atoms with Gasteiger partial charge in [0.1, 0.15) is 11.9 Å². The number of hydrogen-bond donors (Lipinski definition) is 0. The van der Waals surface area contributed by atoms with E-state index in [0.29, 0.717) is 48.0 Å². The van der Waals surface area contributed by atoms with Crippen LogP contribution in [0.2, 0.25) is 5.02 Å². The molecular weight excluding hydrogens is 601 g/mol. The maximum atomic E-state index is 13.6. The highest BCUT2D eigenvalue weighted by atomic mass is 35.5. The Morgan fingerprint density at radius 3 is 2.38 bits per heavy atom. The summed E-state index contributed by atoms with van der Waals surface area (Å²) in [6.07, 6.45) is -0.575. The fourth-order valence-corrected chi connectivity index (χ4v) is 5.86. The molecule has 236 valence electrons. The molecule has 0 bridgehead atoms. The van der Waals surface area contributed by atoms with Crippen LogP contribution in [0.5, 0.6) is 5.75 Å². The smallest absolute Gasteiger partial charge is 0.412 e. The summed E-state index contributed by atoms with van der Waals surface area (Å²) in [6, 6.07) is 22.4. The molecule has 45 heavy (non-hydrogen) atoms. The fourth-order valence-electron chi connectivity index (χ4n) is 5.74. The molecule has 1 atom stereocenters. The largest absolute Gasteiger partial charge is 0.497 e. The molecule has 0 fully saturated rings. The summed E-state index contributed by atoms with van der Waals surface area (Å²) in [4.78, 5) is 15.8. The van der Waals surface area contributed by atoms with E-state index in [9.17, 15) is 18.0 Å². The Labute approximate surface area is 266 Å². The molecular formula is C36H36ClF3N2O3. The van der Waals surface area contributed by atoms with Gasteiger partial charge in [-0.1, -0.05) is 48.0 Å². The lowest BCUT2D eigenvalue weighted by Gasteiger charge is -2.26. The molecule has 0 amide bonds. The molecule has 0 saturated carbocycles. The second-order valence-corrected chi connectivity index (χ2v) is 11.7. The molecule has 9 heteroatoms. The van der Waals surface area contributed by atoms with Crippen LogP contribution in [0.15, 0.2) is 96.3 Å². The van der Waals surface area contributed by atoms with E-state index in [2.05, 4.69) is 4.90 Å². The van der Waals surface area contributed by atoms with Crippen molar-refractivity contribution in [1.82, 2.24) is 9.47 Å². The first-order chi connectivity index (χ1) is 21.5. The number of fused-ring (bicyclic) bond motifs is 1. The third kappa shape index (κ3) is 7.63. The summed E-state index contributed by atoms with van der Waals surface area (Å²) in [5, 5.41) is 1.53. The number of likely N-dealkylation sites (N-methyl/N-ethyl adjacent to an activating group) is 1. The Kier molecular flexibility index (Phi) is 10.0. The Bertz CT molecular complexity index is 1710. The quantitative estimate of drug-likeness (QED) is 0.165. The molecule has 1 aliphatic carbocycles. The van der Waals surface area contributed by atoms with Gasteiger partial charge in [0.05, 0.1) is 18.4 Å². The number of aromatic nitrogens is 1. The van der Waals surface area contributed by atoms with E-state index >= 15 is 0 Å². The van der Waals surface area contributed by atoms with E-state index in [1.807, 2.05) is 62.5 Å². The van der Waals surface area contributed by atoms with Crippen LogP contribution in [0.1, 0.15) is 52.5 Å². The minimum absolute atomic E-state index is 0.0883. The predicted octanol–water partition coefficient (Wildman–Crippen LogP) is 9.09. The van der Waals surface area contributed by atoms with Gasteiger partial charge in [0.25, 0.3) is 5.91 Å². The minimum Gasteiger partial charge on any atom is -0.497 e. The van der Waals surface area contributed by atoms with Crippen LogP contribution in [-0.2, 0) is 11.2 Å². The number of methoxy groups -OCH3 is 1. The van der Waals surface area contributed by atoms with Crippen molar-refractivity contribution in [2.24, 2.45) is 0 Å². The van der Waals surface area contributed by atoms with Gasteiger partial charge in [-0.3, -0.25) is 9.36 Å². The zero-order chi connectivity index (χ0) is 32.1. The van der Waals surface area contributed by atoms with E-state index in [1.165, 1.54) is 6.08 Å². The maximum absolute atomic E-state index is 13.6. The van der Waals surface area contributed by atoms with E-state index in [4.69, 9.17) is 21.1 Å². The zero-order valence-electron chi connectivity index (χ0n) is 25.5. The second kappa shape index (κ2) is 14.0. The summed E-state index contributed by atoms with van der Waals surface area (Å²) in [5.41, 5.74) is 3.73. The number of alkyl halides is 3. The number of benzene rings is 3. The van der Waals surface area contributed by atoms with Gasteiger partial charge in [-0.15, -0.1) is 0 Å². The van der Waals surface area contributed by atoms with Crippen molar-refractivity contribution < 1.29 is 27.4 Å². The number of halogens is 4. The molecule has 0 radical (unpaired) electrons. The summed E-state index contributed by atoms with van der Waals surface area (Å²) in [6.45, 7) is 3.38. The molecule has 1 heterocycles. The topological polar surface area (TPSA) is 43.7 Å². The van der Waals surface area contributed by atoms with Crippen molar-refractivity contribution in [3.05, 3.63) is 124 Å². The summed E-state index contributed by atoms with van der Waals surface area (Å²) in [7, 11) is 3.66. The van der Waals surface area contributed by atoms with Crippen LogP contribution in [0.25, 0.3) is 10.9 Å². The minimum atomic E-state index is -4.32. The molecule has 1 aromatic heterocycles.